The minimum Gasteiger partial charge on any atom is -0.355 e. The normalized spacial score (nSPS) is 16.3. The highest BCUT2D eigenvalue weighted by atomic mass is 35.5. The van der Waals surface area contributed by atoms with E-state index < -0.39 is 6.03 Å². The largest absolute Gasteiger partial charge is 0.355 e. The first-order valence-electron chi connectivity index (χ1n) is 8.74. The van der Waals surface area contributed by atoms with Crippen LogP contribution in [0, 0.1) is 0 Å². The van der Waals surface area contributed by atoms with Gasteiger partial charge in [-0.25, -0.2) is 4.79 Å². The Morgan fingerprint density at radius 3 is 2.52 bits per heavy atom. The van der Waals surface area contributed by atoms with E-state index in [4.69, 9.17) is 5.73 Å². The molecule has 1 aliphatic rings. The lowest BCUT2D eigenvalue weighted by Crippen LogP contribution is -2.39. The summed E-state index contributed by atoms with van der Waals surface area (Å²) >= 11 is 1.50. The summed E-state index contributed by atoms with van der Waals surface area (Å²) in [5.74, 6) is -0.0789. The van der Waals surface area contributed by atoms with Gasteiger partial charge in [0.25, 0.3) is 0 Å². The Bertz CT molecular complexity index is 505. The van der Waals surface area contributed by atoms with E-state index in [0.29, 0.717) is 12.6 Å². The Morgan fingerprint density at radius 2 is 1.92 bits per heavy atom. The molecule has 0 bridgehead atoms. The van der Waals surface area contributed by atoms with E-state index >= 15 is 0 Å². The van der Waals surface area contributed by atoms with Gasteiger partial charge in [-0.2, -0.15) is 0 Å². The quantitative estimate of drug-likeness (QED) is 0.407. The Morgan fingerprint density at radius 1 is 1.20 bits per heavy atom. The first kappa shape index (κ1) is 21.7. The molecule has 25 heavy (non-hydrogen) atoms. The highest BCUT2D eigenvalue weighted by molar-refractivity contribution is 7.10. The zero-order valence-corrected chi connectivity index (χ0v) is 16.1. The Balaban J connectivity index is 0.00000312. The minimum atomic E-state index is -0.615. The van der Waals surface area contributed by atoms with Crippen molar-refractivity contribution in [3.63, 3.8) is 0 Å². The molecule has 1 atom stereocenters. The topological polar surface area (TPSA) is 96.2 Å². The fourth-order valence-corrected chi connectivity index (χ4v) is 3.88. The number of rotatable bonds is 8. The summed E-state index contributed by atoms with van der Waals surface area (Å²) in [4.78, 5) is 24.2. The number of urea groups is 1. The molecule has 1 unspecified atom stereocenters. The van der Waals surface area contributed by atoms with Crippen molar-refractivity contribution in [3.8, 4) is 0 Å². The molecule has 6 nitrogen and oxygen atoms in total. The van der Waals surface area contributed by atoms with Crippen LogP contribution >= 0.6 is 23.7 Å². The maximum Gasteiger partial charge on any atom is 0.312 e. The average molecular weight is 389 g/mol. The molecule has 1 aromatic rings. The lowest BCUT2D eigenvalue weighted by molar-refractivity contribution is -0.121. The molecule has 1 saturated carbocycles. The number of nitrogens with one attached hydrogen (secondary N) is 3. The van der Waals surface area contributed by atoms with Crippen molar-refractivity contribution in [1.82, 2.24) is 16.0 Å². The van der Waals surface area contributed by atoms with Crippen molar-refractivity contribution >= 4 is 35.7 Å². The fourth-order valence-electron chi connectivity index (χ4n) is 3.10. The van der Waals surface area contributed by atoms with Crippen molar-refractivity contribution < 1.29 is 9.59 Å². The molecule has 8 heteroatoms. The molecule has 1 fully saturated rings. The van der Waals surface area contributed by atoms with Gasteiger partial charge in [-0.3, -0.25) is 4.79 Å². The molecule has 142 valence electrons. The second-order valence-corrected chi connectivity index (χ2v) is 7.25. The van der Waals surface area contributed by atoms with Gasteiger partial charge in [-0.15, -0.1) is 23.7 Å². The highest BCUT2D eigenvalue weighted by Gasteiger charge is 2.18. The standard InChI is InChI=1S/C17H28N4O2S.ClH/c18-17(23)21-14(15-8-5-11-24-15)12-16(22)20-10-9-19-13-6-3-1-2-4-7-13;/h5,8,11,13-14,19H,1-4,6-7,9-10,12H2,(H,20,22)(H3,18,21,23);1H. The molecule has 1 heterocycles. The third kappa shape index (κ3) is 8.56. The van der Waals surface area contributed by atoms with Crippen molar-refractivity contribution in [2.45, 2.75) is 57.0 Å². The number of amides is 3. The van der Waals surface area contributed by atoms with Gasteiger partial charge in [0.1, 0.15) is 0 Å². The lowest BCUT2D eigenvalue weighted by atomic mass is 10.1. The van der Waals surface area contributed by atoms with Gasteiger partial charge in [-0.05, 0) is 24.3 Å². The second-order valence-electron chi connectivity index (χ2n) is 6.27. The first-order valence-corrected chi connectivity index (χ1v) is 9.62. The van der Waals surface area contributed by atoms with Crippen LogP contribution < -0.4 is 21.7 Å². The average Bonchev–Trinajstić information content (AvgIpc) is 2.95. The van der Waals surface area contributed by atoms with Gasteiger partial charge < -0.3 is 21.7 Å². The number of hydrogen-bond acceptors (Lipinski definition) is 4. The maximum absolute atomic E-state index is 12.1. The molecule has 0 aromatic carbocycles. The number of carbonyl (C=O) groups excluding carboxylic acids is 2. The SMILES string of the molecule is Cl.NC(=O)NC(CC(=O)NCCNC1CCCCCC1)c1cccs1. The molecular formula is C17H29ClN4O2S. The van der Waals surface area contributed by atoms with Crippen LogP contribution in [-0.2, 0) is 4.79 Å². The lowest BCUT2D eigenvalue weighted by Gasteiger charge is -2.18. The Hall–Kier alpha value is -1.31. The predicted octanol–water partition coefficient (Wildman–Crippen LogP) is 2.70. The van der Waals surface area contributed by atoms with Crippen molar-refractivity contribution in [2.24, 2.45) is 5.73 Å². The van der Waals surface area contributed by atoms with Crippen molar-refractivity contribution in [3.05, 3.63) is 22.4 Å². The van der Waals surface area contributed by atoms with Crippen LogP contribution in [0.15, 0.2) is 17.5 Å². The smallest absolute Gasteiger partial charge is 0.312 e. The number of halogens is 1. The summed E-state index contributed by atoms with van der Waals surface area (Å²) in [5, 5.41) is 11.0. The monoisotopic (exact) mass is 388 g/mol. The zero-order valence-electron chi connectivity index (χ0n) is 14.5. The fraction of sp³-hybridized carbons (Fsp3) is 0.647. The van der Waals surface area contributed by atoms with Crippen LogP contribution in [0.25, 0.3) is 0 Å². The number of hydrogen-bond donors (Lipinski definition) is 4. The van der Waals surface area contributed by atoms with E-state index in [9.17, 15) is 9.59 Å². The molecule has 0 saturated heterocycles. The van der Waals surface area contributed by atoms with E-state index in [1.54, 1.807) is 0 Å². The van der Waals surface area contributed by atoms with Gasteiger partial charge >= 0.3 is 6.03 Å². The van der Waals surface area contributed by atoms with Gasteiger partial charge in [0, 0.05) is 24.0 Å². The van der Waals surface area contributed by atoms with Gasteiger partial charge in [-0.1, -0.05) is 31.7 Å². The summed E-state index contributed by atoms with van der Waals surface area (Å²) < 4.78 is 0. The van der Waals surface area contributed by atoms with E-state index in [0.717, 1.165) is 11.4 Å². The third-order valence-corrected chi connectivity index (χ3v) is 5.31. The van der Waals surface area contributed by atoms with Gasteiger partial charge in [0.2, 0.25) is 5.91 Å². The number of carbonyl (C=O) groups is 2. The van der Waals surface area contributed by atoms with Crippen LogP contribution in [-0.4, -0.2) is 31.1 Å². The van der Waals surface area contributed by atoms with Crippen molar-refractivity contribution in [1.29, 1.82) is 0 Å². The van der Waals surface area contributed by atoms with E-state index in [1.807, 2.05) is 17.5 Å². The summed E-state index contributed by atoms with van der Waals surface area (Å²) in [6.45, 7) is 1.38. The molecular weight excluding hydrogens is 360 g/mol. The van der Waals surface area contributed by atoms with Crippen LogP contribution in [0.3, 0.4) is 0 Å². The summed E-state index contributed by atoms with van der Waals surface area (Å²) in [6, 6.07) is 3.39. The number of thiophene rings is 1. The maximum atomic E-state index is 12.1. The van der Waals surface area contributed by atoms with E-state index in [2.05, 4.69) is 16.0 Å². The summed E-state index contributed by atoms with van der Waals surface area (Å²) in [5.41, 5.74) is 5.21. The molecule has 0 radical (unpaired) electrons. The Kier molecular flexibility index (Phi) is 10.5. The summed E-state index contributed by atoms with van der Waals surface area (Å²) in [6.07, 6.45) is 7.94. The van der Waals surface area contributed by atoms with E-state index in [1.165, 1.54) is 49.9 Å². The number of nitrogens with two attached hydrogens (primary N) is 1. The predicted molar refractivity (Wildman–Crippen MR) is 104 cm³/mol. The number of primary amides is 1. The molecule has 2 rings (SSSR count). The minimum absolute atomic E-state index is 0. The van der Waals surface area contributed by atoms with E-state index in [-0.39, 0.29) is 30.8 Å². The van der Waals surface area contributed by atoms with Gasteiger partial charge in [0.05, 0.1) is 12.5 Å². The molecule has 1 aromatic heterocycles. The highest BCUT2D eigenvalue weighted by Crippen LogP contribution is 2.21. The first-order chi connectivity index (χ1) is 11.6. The van der Waals surface area contributed by atoms with Crippen LogP contribution in [0.5, 0.6) is 0 Å². The van der Waals surface area contributed by atoms with Gasteiger partial charge in [0.15, 0.2) is 0 Å². The summed E-state index contributed by atoms with van der Waals surface area (Å²) in [7, 11) is 0. The zero-order chi connectivity index (χ0) is 17.2. The molecule has 0 spiro atoms. The van der Waals surface area contributed by atoms with Crippen molar-refractivity contribution in [2.75, 3.05) is 13.1 Å². The second kappa shape index (κ2) is 12.1. The van der Waals surface area contributed by atoms with Crippen LogP contribution in [0.4, 0.5) is 4.79 Å². The third-order valence-electron chi connectivity index (χ3n) is 4.33. The molecule has 1 aliphatic carbocycles. The Labute approximate surface area is 159 Å². The molecule has 5 N–H and O–H groups in total. The molecule has 0 aliphatic heterocycles. The van der Waals surface area contributed by atoms with Crippen LogP contribution in [0.2, 0.25) is 0 Å². The molecule has 3 amide bonds. The van der Waals surface area contributed by atoms with Crippen LogP contribution in [0.1, 0.15) is 55.9 Å².